The van der Waals surface area contributed by atoms with Crippen LogP contribution < -0.4 is 0 Å². The lowest BCUT2D eigenvalue weighted by Gasteiger charge is -2.24. The maximum atomic E-state index is 12.1. The molecule has 1 atom stereocenters. The second kappa shape index (κ2) is 5.78. The molecule has 0 aromatic heterocycles. The van der Waals surface area contributed by atoms with Crippen molar-refractivity contribution in [3.05, 3.63) is 35.9 Å². The van der Waals surface area contributed by atoms with Gasteiger partial charge in [-0.15, -0.1) is 0 Å². The number of ketones is 1. The molecule has 0 aliphatic carbocycles. The Morgan fingerprint density at radius 3 is 2.28 bits per heavy atom. The number of methoxy groups -OCH3 is 1. The largest absolute Gasteiger partial charge is 0.466 e. The topological polar surface area (TPSA) is 63.6 Å². The third kappa shape index (κ3) is 2.76. The van der Waals surface area contributed by atoms with E-state index in [4.69, 9.17) is 0 Å². The SMILES string of the molecule is COC(=O)[C@](O)(C(=O)CC(C)C)c1ccccc1. The minimum atomic E-state index is -2.21. The minimum Gasteiger partial charge on any atom is -0.466 e. The second-order valence-corrected chi connectivity index (χ2v) is 4.59. The van der Waals surface area contributed by atoms with Crippen molar-refractivity contribution in [3.63, 3.8) is 0 Å². The average Bonchev–Trinajstić information content (AvgIpc) is 2.36. The average molecular weight is 250 g/mol. The summed E-state index contributed by atoms with van der Waals surface area (Å²) in [5.74, 6) is -1.44. The van der Waals surface area contributed by atoms with E-state index in [0.29, 0.717) is 0 Å². The monoisotopic (exact) mass is 250 g/mol. The molecule has 0 radical (unpaired) electrons. The van der Waals surface area contributed by atoms with Gasteiger partial charge in [0, 0.05) is 12.0 Å². The Morgan fingerprint density at radius 2 is 1.83 bits per heavy atom. The molecule has 4 nitrogen and oxygen atoms in total. The van der Waals surface area contributed by atoms with Crippen LogP contribution in [0.4, 0.5) is 0 Å². The highest BCUT2D eigenvalue weighted by Crippen LogP contribution is 2.26. The molecule has 0 aliphatic rings. The third-order valence-electron chi connectivity index (χ3n) is 2.67. The lowest BCUT2D eigenvalue weighted by molar-refractivity contribution is -0.169. The van der Waals surface area contributed by atoms with Crippen LogP contribution in [0.2, 0.25) is 0 Å². The second-order valence-electron chi connectivity index (χ2n) is 4.59. The molecule has 1 aromatic carbocycles. The molecule has 4 heteroatoms. The van der Waals surface area contributed by atoms with Crippen LogP contribution in [-0.4, -0.2) is 24.0 Å². The normalized spacial score (nSPS) is 14.1. The highest BCUT2D eigenvalue weighted by molar-refractivity contribution is 6.07. The van der Waals surface area contributed by atoms with Gasteiger partial charge in [0.05, 0.1) is 7.11 Å². The Labute approximate surface area is 107 Å². The van der Waals surface area contributed by atoms with E-state index in [0.717, 1.165) is 7.11 Å². The first-order valence-electron chi connectivity index (χ1n) is 5.82. The van der Waals surface area contributed by atoms with Crippen LogP contribution in [0.15, 0.2) is 30.3 Å². The van der Waals surface area contributed by atoms with E-state index in [9.17, 15) is 14.7 Å². The van der Waals surface area contributed by atoms with Crippen molar-refractivity contribution in [2.75, 3.05) is 7.11 Å². The van der Waals surface area contributed by atoms with Crippen molar-refractivity contribution in [1.82, 2.24) is 0 Å². The third-order valence-corrected chi connectivity index (χ3v) is 2.67. The smallest absolute Gasteiger partial charge is 0.350 e. The number of esters is 1. The lowest BCUT2D eigenvalue weighted by atomic mass is 9.85. The summed E-state index contributed by atoms with van der Waals surface area (Å²) in [6, 6.07) is 8.14. The maximum absolute atomic E-state index is 12.1. The molecule has 0 heterocycles. The molecule has 0 amide bonds. The number of carbonyl (C=O) groups excluding carboxylic acids is 2. The van der Waals surface area contributed by atoms with E-state index in [2.05, 4.69) is 4.74 Å². The molecule has 0 spiro atoms. The molecule has 1 aromatic rings. The molecule has 1 rings (SSSR count). The summed E-state index contributed by atoms with van der Waals surface area (Å²) in [6.07, 6.45) is 0.112. The predicted octanol–water partition coefficient (Wildman–Crippen LogP) is 1.66. The van der Waals surface area contributed by atoms with Crippen LogP contribution in [0.1, 0.15) is 25.8 Å². The first kappa shape index (κ1) is 14.4. The molecule has 0 unspecified atom stereocenters. The first-order chi connectivity index (χ1) is 8.42. The van der Waals surface area contributed by atoms with Gasteiger partial charge in [0.15, 0.2) is 5.78 Å². The Kier molecular flexibility index (Phi) is 4.62. The van der Waals surface area contributed by atoms with Crippen molar-refractivity contribution in [1.29, 1.82) is 0 Å². The Morgan fingerprint density at radius 1 is 1.28 bits per heavy atom. The van der Waals surface area contributed by atoms with Crippen molar-refractivity contribution >= 4 is 11.8 Å². The zero-order valence-corrected chi connectivity index (χ0v) is 10.8. The van der Waals surface area contributed by atoms with E-state index in [-0.39, 0.29) is 17.9 Å². The van der Waals surface area contributed by atoms with Crippen LogP contribution in [0, 0.1) is 5.92 Å². The van der Waals surface area contributed by atoms with Gasteiger partial charge in [-0.2, -0.15) is 0 Å². The Balaban J connectivity index is 3.19. The highest BCUT2D eigenvalue weighted by atomic mass is 16.5. The maximum Gasteiger partial charge on any atom is 0.350 e. The highest BCUT2D eigenvalue weighted by Gasteiger charge is 2.46. The number of carbonyl (C=O) groups is 2. The first-order valence-corrected chi connectivity index (χ1v) is 5.82. The van der Waals surface area contributed by atoms with Gasteiger partial charge in [0.25, 0.3) is 0 Å². The van der Waals surface area contributed by atoms with Crippen LogP contribution in [-0.2, 0) is 19.9 Å². The number of rotatable bonds is 5. The summed E-state index contributed by atoms with van der Waals surface area (Å²) in [6.45, 7) is 3.70. The number of aliphatic hydroxyl groups is 1. The summed E-state index contributed by atoms with van der Waals surface area (Å²) >= 11 is 0. The standard InChI is InChI=1S/C14H18O4/c1-10(2)9-12(15)14(17,13(16)18-3)11-7-5-4-6-8-11/h4-8,10,17H,9H2,1-3H3/t14-/m1/s1. The van der Waals surface area contributed by atoms with Crippen LogP contribution in [0.3, 0.4) is 0 Å². The van der Waals surface area contributed by atoms with Crippen LogP contribution >= 0.6 is 0 Å². The number of benzene rings is 1. The molecule has 98 valence electrons. The molecule has 0 saturated carbocycles. The van der Waals surface area contributed by atoms with E-state index in [1.807, 2.05) is 13.8 Å². The number of Topliss-reactive ketones (excluding diaryl/α,β-unsaturated/α-hetero) is 1. The molecular formula is C14H18O4. The molecule has 0 aliphatic heterocycles. The summed E-state index contributed by atoms with van der Waals surface area (Å²) in [5, 5.41) is 10.4. The van der Waals surface area contributed by atoms with E-state index >= 15 is 0 Å². The van der Waals surface area contributed by atoms with Crippen molar-refractivity contribution < 1.29 is 19.4 Å². The zero-order valence-electron chi connectivity index (χ0n) is 10.8. The van der Waals surface area contributed by atoms with Gasteiger partial charge in [-0.05, 0) is 5.92 Å². The minimum absolute atomic E-state index is 0.0531. The molecular weight excluding hydrogens is 232 g/mol. The molecule has 18 heavy (non-hydrogen) atoms. The summed E-state index contributed by atoms with van der Waals surface area (Å²) in [4.78, 5) is 23.9. The van der Waals surface area contributed by atoms with Crippen molar-refractivity contribution in [2.24, 2.45) is 5.92 Å². The fourth-order valence-corrected chi connectivity index (χ4v) is 1.74. The molecule has 1 N–H and O–H groups in total. The fraction of sp³-hybridized carbons (Fsp3) is 0.429. The number of hydrogen-bond donors (Lipinski definition) is 1. The Hall–Kier alpha value is -1.68. The molecule has 0 fully saturated rings. The van der Waals surface area contributed by atoms with E-state index < -0.39 is 17.4 Å². The van der Waals surface area contributed by atoms with Gasteiger partial charge in [-0.3, -0.25) is 4.79 Å². The van der Waals surface area contributed by atoms with Crippen LogP contribution in [0.5, 0.6) is 0 Å². The number of hydrogen-bond acceptors (Lipinski definition) is 4. The van der Waals surface area contributed by atoms with Gasteiger partial charge in [0.1, 0.15) is 0 Å². The lowest BCUT2D eigenvalue weighted by Crippen LogP contribution is -2.45. The van der Waals surface area contributed by atoms with Crippen LogP contribution in [0.25, 0.3) is 0 Å². The quantitative estimate of drug-likeness (QED) is 0.637. The van der Waals surface area contributed by atoms with E-state index in [1.165, 1.54) is 12.1 Å². The Bertz CT molecular complexity index is 425. The summed E-state index contributed by atoms with van der Waals surface area (Å²) in [5.41, 5.74) is -1.97. The van der Waals surface area contributed by atoms with Gasteiger partial charge in [0.2, 0.25) is 5.60 Å². The van der Waals surface area contributed by atoms with E-state index in [1.54, 1.807) is 18.2 Å². The summed E-state index contributed by atoms with van der Waals surface area (Å²) < 4.78 is 4.56. The van der Waals surface area contributed by atoms with Crippen molar-refractivity contribution in [3.8, 4) is 0 Å². The predicted molar refractivity (Wildman–Crippen MR) is 66.8 cm³/mol. The molecule has 0 saturated heterocycles. The fourth-order valence-electron chi connectivity index (χ4n) is 1.74. The van der Waals surface area contributed by atoms with Gasteiger partial charge >= 0.3 is 5.97 Å². The van der Waals surface area contributed by atoms with Gasteiger partial charge in [-0.1, -0.05) is 44.2 Å². The molecule has 0 bridgehead atoms. The summed E-state index contributed by atoms with van der Waals surface area (Å²) in [7, 11) is 1.15. The number of ether oxygens (including phenoxy) is 1. The van der Waals surface area contributed by atoms with Gasteiger partial charge < -0.3 is 9.84 Å². The van der Waals surface area contributed by atoms with Crippen molar-refractivity contribution in [2.45, 2.75) is 25.9 Å². The zero-order chi connectivity index (χ0) is 13.8. The van der Waals surface area contributed by atoms with Gasteiger partial charge in [-0.25, -0.2) is 4.79 Å².